The van der Waals surface area contributed by atoms with Crippen molar-refractivity contribution in [1.82, 2.24) is 5.32 Å². The van der Waals surface area contributed by atoms with Gasteiger partial charge < -0.3 is 5.11 Å². The standard InChI is InChI=1S/C14H20N2O/c1-11(2)8-13(9-15)16-14(10-17)12-6-4-3-5-7-12/h3-7,11,13-14,16-17H,8,10H2,1-2H3/t13-,14+/m1/s1. The van der Waals surface area contributed by atoms with Crippen LogP contribution in [0.15, 0.2) is 30.3 Å². The molecular weight excluding hydrogens is 212 g/mol. The second-order valence-corrected chi connectivity index (χ2v) is 4.62. The number of nitrogens with one attached hydrogen (secondary N) is 1. The van der Waals surface area contributed by atoms with Gasteiger partial charge in [0.15, 0.2) is 0 Å². The Kier molecular flexibility index (Phi) is 5.68. The van der Waals surface area contributed by atoms with Gasteiger partial charge in [0.2, 0.25) is 0 Å². The SMILES string of the molecule is CC(C)C[C@H](C#N)N[C@@H](CO)c1ccccc1. The van der Waals surface area contributed by atoms with Gasteiger partial charge in [0.05, 0.1) is 24.8 Å². The van der Waals surface area contributed by atoms with Crippen LogP contribution in [0.2, 0.25) is 0 Å². The molecule has 0 amide bonds. The summed E-state index contributed by atoms with van der Waals surface area (Å²) in [5.74, 6) is 0.460. The third-order valence-corrected chi connectivity index (χ3v) is 2.65. The Bertz CT molecular complexity index is 356. The lowest BCUT2D eigenvalue weighted by Crippen LogP contribution is -2.34. The van der Waals surface area contributed by atoms with Gasteiger partial charge in [-0.05, 0) is 17.9 Å². The summed E-state index contributed by atoms with van der Waals surface area (Å²) >= 11 is 0. The van der Waals surface area contributed by atoms with Gasteiger partial charge in [-0.25, -0.2) is 0 Å². The largest absolute Gasteiger partial charge is 0.394 e. The molecule has 0 unspecified atom stereocenters. The van der Waals surface area contributed by atoms with Crippen LogP contribution in [0.25, 0.3) is 0 Å². The minimum atomic E-state index is -0.215. The van der Waals surface area contributed by atoms with E-state index in [9.17, 15) is 5.11 Å². The van der Waals surface area contributed by atoms with Gasteiger partial charge in [-0.1, -0.05) is 44.2 Å². The van der Waals surface area contributed by atoms with Gasteiger partial charge in [-0.15, -0.1) is 0 Å². The van der Waals surface area contributed by atoms with Crippen LogP contribution in [-0.4, -0.2) is 17.8 Å². The van der Waals surface area contributed by atoms with Crippen LogP contribution in [0.5, 0.6) is 0 Å². The zero-order valence-electron chi connectivity index (χ0n) is 10.4. The van der Waals surface area contributed by atoms with Gasteiger partial charge in [0.25, 0.3) is 0 Å². The topological polar surface area (TPSA) is 56.0 Å². The van der Waals surface area contributed by atoms with Crippen LogP contribution in [-0.2, 0) is 0 Å². The third kappa shape index (κ3) is 4.56. The lowest BCUT2D eigenvalue weighted by Gasteiger charge is -2.21. The molecule has 92 valence electrons. The summed E-state index contributed by atoms with van der Waals surface area (Å²) < 4.78 is 0. The van der Waals surface area contributed by atoms with Crippen LogP contribution in [0.4, 0.5) is 0 Å². The van der Waals surface area contributed by atoms with Crippen LogP contribution >= 0.6 is 0 Å². The highest BCUT2D eigenvalue weighted by atomic mass is 16.3. The van der Waals surface area contributed by atoms with Gasteiger partial charge in [0.1, 0.15) is 0 Å². The Morgan fingerprint density at radius 2 is 1.94 bits per heavy atom. The number of benzene rings is 1. The Labute approximate surface area is 103 Å². The normalized spacial score (nSPS) is 14.3. The van der Waals surface area contributed by atoms with Crippen LogP contribution in [0.1, 0.15) is 31.9 Å². The molecule has 0 spiro atoms. The van der Waals surface area contributed by atoms with E-state index >= 15 is 0 Å². The minimum Gasteiger partial charge on any atom is -0.394 e. The minimum absolute atomic E-state index is 0.000286. The predicted molar refractivity (Wildman–Crippen MR) is 68.3 cm³/mol. The fraction of sp³-hybridized carbons (Fsp3) is 0.500. The number of hydrogen-bond acceptors (Lipinski definition) is 3. The smallest absolute Gasteiger partial charge is 0.0960 e. The maximum Gasteiger partial charge on any atom is 0.0960 e. The maximum atomic E-state index is 9.39. The zero-order valence-corrected chi connectivity index (χ0v) is 10.4. The molecule has 0 aliphatic heterocycles. The summed E-state index contributed by atoms with van der Waals surface area (Å²) in [5.41, 5.74) is 1.01. The van der Waals surface area contributed by atoms with E-state index in [1.54, 1.807) is 0 Å². The first kappa shape index (κ1) is 13.7. The van der Waals surface area contributed by atoms with Crippen LogP contribution < -0.4 is 5.32 Å². The molecule has 17 heavy (non-hydrogen) atoms. The summed E-state index contributed by atoms with van der Waals surface area (Å²) in [6.07, 6.45) is 0.792. The van der Waals surface area contributed by atoms with Crippen molar-refractivity contribution < 1.29 is 5.11 Å². The van der Waals surface area contributed by atoms with Crippen LogP contribution in [0, 0.1) is 17.2 Å². The van der Waals surface area contributed by atoms with Crippen molar-refractivity contribution >= 4 is 0 Å². The second-order valence-electron chi connectivity index (χ2n) is 4.62. The summed E-state index contributed by atoms with van der Waals surface area (Å²) in [4.78, 5) is 0. The molecule has 0 aliphatic carbocycles. The highest BCUT2D eigenvalue weighted by Crippen LogP contribution is 2.14. The summed E-state index contributed by atoms with van der Waals surface area (Å²) in [6, 6.07) is 11.6. The molecule has 0 heterocycles. The highest BCUT2D eigenvalue weighted by Gasteiger charge is 2.16. The van der Waals surface area contributed by atoms with E-state index in [-0.39, 0.29) is 18.7 Å². The summed E-state index contributed by atoms with van der Waals surface area (Å²) in [7, 11) is 0. The van der Waals surface area contributed by atoms with E-state index in [4.69, 9.17) is 5.26 Å². The lowest BCUT2D eigenvalue weighted by atomic mass is 10.0. The van der Waals surface area contributed by atoms with E-state index in [0.717, 1.165) is 12.0 Å². The van der Waals surface area contributed by atoms with Gasteiger partial charge in [-0.3, -0.25) is 5.32 Å². The molecule has 0 aliphatic rings. The summed E-state index contributed by atoms with van der Waals surface area (Å²) in [5, 5.41) is 21.6. The Morgan fingerprint density at radius 1 is 1.29 bits per heavy atom. The Morgan fingerprint density at radius 3 is 2.41 bits per heavy atom. The average Bonchev–Trinajstić information content (AvgIpc) is 2.35. The van der Waals surface area contributed by atoms with Gasteiger partial charge in [-0.2, -0.15) is 5.26 Å². The maximum absolute atomic E-state index is 9.39. The first-order valence-corrected chi connectivity index (χ1v) is 5.98. The monoisotopic (exact) mass is 232 g/mol. The van der Waals surface area contributed by atoms with Crippen molar-refractivity contribution in [3.8, 4) is 6.07 Å². The highest BCUT2D eigenvalue weighted by molar-refractivity contribution is 5.19. The molecule has 0 fully saturated rings. The number of hydrogen-bond donors (Lipinski definition) is 2. The molecule has 0 radical (unpaired) electrons. The molecule has 0 saturated carbocycles. The molecule has 1 aromatic carbocycles. The second kappa shape index (κ2) is 7.05. The molecule has 0 saturated heterocycles. The number of aliphatic hydroxyl groups excluding tert-OH is 1. The van der Waals surface area contributed by atoms with Crippen molar-refractivity contribution in [1.29, 1.82) is 5.26 Å². The summed E-state index contributed by atoms with van der Waals surface area (Å²) in [6.45, 7) is 4.17. The first-order chi connectivity index (χ1) is 8.17. The van der Waals surface area contributed by atoms with E-state index < -0.39 is 0 Å². The zero-order chi connectivity index (χ0) is 12.7. The molecule has 2 atom stereocenters. The van der Waals surface area contributed by atoms with Crippen molar-refractivity contribution in [3.05, 3.63) is 35.9 Å². The quantitative estimate of drug-likeness (QED) is 0.791. The first-order valence-electron chi connectivity index (χ1n) is 5.98. The van der Waals surface area contributed by atoms with Crippen molar-refractivity contribution in [2.75, 3.05) is 6.61 Å². The predicted octanol–water partition coefficient (Wildman–Crippen LogP) is 2.25. The molecule has 3 nitrogen and oxygen atoms in total. The number of nitrogens with zero attached hydrogens (tertiary/aromatic N) is 1. The number of nitriles is 1. The molecular formula is C14H20N2O. The molecule has 0 bridgehead atoms. The number of rotatable bonds is 6. The molecule has 1 aromatic rings. The van der Waals surface area contributed by atoms with Crippen LogP contribution in [0.3, 0.4) is 0 Å². The van der Waals surface area contributed by atoms with E-state index in [1.807, 2.05) is 30.3 Å². The third-order valence-electron chi connectivity index (χ3n) is 2.65. The number of aliphatic hydroxyl groups is 1. The van der Waals surface area contributed by atoms with E-state index in [2.05, 4.69) is 25.2 Å². The fourth-order valence-corrected chi connectivity index (χ4v) is 1.81. The fourth-order valence-electron chi connectivity index (χ4n) is 1.81. The molecule has 0 aromatic heterocycles. The van der Waals surface area contributed by atoms with Crippen molar-refractivity contribution in [3.63, 3.8) is 0 Å². The van der Waals surface area contributed by atoms with Gasteiger partial charge in [0, 0.05) is 0 Å². The van der Waals surface area contributed by atoms with E-state index in [0.29, 0.717) is 5.92 Å². The Balaban J connectivity index is 2.66. The van der Waals surface area contributed by atoms with E-state index in [1.165, 1.54) is 0 Å². The average molecular weight is 232 g/mol. The molecule has 2 N–H and O–H groups in total. The van der Waals surface area contributed by atoms with Crippen molar-refractivity contribution in [2.45, 2.75) is 32.4 Å². The molecule has 3 heteroatoms. The Hall–Kier alpha value is -1.37. The van der Waals surface area contributed by atoms with Crippen molar-refractivity contribution in [2.24, 2.45) is 5.92 Å². The molecule has 1 rings (SSSR count). The lowest BCUT2D eigenvalue weighted by molar-refractivity contribution is 0.235. The van der Waals surface area contributed by atoms with Gasteiger partial charge >= 0.3 is 0 Å².